The van der Waals surface area contributed by atoms with Gasteiger partial charge in [-0.05, 0) is 67.0 Å². The van der Waals surface area contributed by atoms with E-state index in [1.807, 2.05) is 6.07 Å². The lowest BCUT2D eigenvalue weighted by Gasteiger charge is -2.32. The number of amides is 1. The lowest BCUT2D eigenvalue weighted by molar-refractivity contribution is 0.102. The zero-order valence-electron chi connectivity index (χ0n) is 17.5. The second-order valence-electron chi connectivity index (χ2n) is 8.31. The number of anilines is 1. The minimum Gasteiger partial charge on any atom is -0.328 e. The average molecular weight is 440 g/mol. The van der Waals surface area contributed by atoms with Crippen molar-refractivity contribution >= 4 is 11.6 Å². The Hall–Kier alpha value is -3.26. The molecule has 3 N–H and O–H groups in total. The Bertz CT molecular complexity index is 1120. The maximum absolute atomic E-state index is 14.3. The highest BCUT2D eigenvalue weighted by Gasteiger charge is 2.28. The van der Waals surface area contributed by atoms with E-state index < -0.39 is 34.6 Å². The first-order valence-electron chi connectivity index (χ1n) is 10.4. The molecule has 0 radical (unpaired) electrons. The maximum atomic E-state index is 14.3. The molecule has 166 valence electrons. The molecule has 4 rings (SSSR count). The van der Waals surface area contributed by atoms with E-state index in [1.165, 1.54) is 12.1 Å². The summed E-state index contributed by atoms with van der Waals surface area (Å²) in [6.07, 6.45) is 5.89. The molecular weight excluding hydrogens is 417 g/mol. The largest absolute Gasteiger partial charge is 0.328 e. The Kier molecular flexibility index (Phi) is 6.23. The van der Waals surface area contributed by atoms with Crippen LogP contribution in [0.1, 0.15) is 48.2 Å². The van der Waals surface area contributed by atoms with Crippen molar-refractivity contribution in [1.82, 2.24) is 9.97 Å². The smallest absolute Gasteiger partial charge is 0.274 e. The Balaban J connectivity index is 1.64. The van der Waals surface area contributed by atoms with Gasteiger partial charge in [-0.2, -0.15) is 0 Å². The number of aromatic nitrogens is 2. The normalized spacial score (nSPS) is 20.7. The fraction of sp³-hybridized carbons (Fsp3) is 0.292. The van der Waals surface area contributed by atoms with E-state index in [9.17, 15) is 18.0 Å². The number of rotatable bonds is 4. The molecule has 0 unspecified atom stereocenters. The molecule has 3 atom stereocenters. The van der Waals surface area contributed by atoms with Crippen LogP contribution in [0.4, 0.5) is 18.9 Å². The van der Waals surface area contributed by atoms with Crippen molar-refractivity contribution in [3.05, 3.63) is 77.5 Å². The van der Waals surface area contributed by atoms with Crippen LogP contribution in [0.5, 0.6) is 0 Å². The zero-order chi connectivity index (χ0) is 22.8. The molecule has 8 heteroatoms. The molecule has 0 saturated heterocycles. The molecule has 0 spiro atoms. The van der Waals surface area contributed by atoms with E-state index >= 15 is 0 Å². The predicted molar refractivity (Wildman–Crippen MR) is 115 cm³/mol. The number of nitrogens with two attached hydrogens (primary N) is 1. The van der Waals surface area contributed by atoms with Gasteiger partial charge in [-0.1, -0.05) is 13.0 Å². The molecule has 1 aliphatic carbocycles. The van der Waals surface area contributed by atoms with Crippen LogP contribution in [0.25, 0.3) is 11.3 Å². The van der Waals surface area contributed by atoms with Crippen LogP contribution in [-0.2, 0) is 0 Å². The average Bonchev–Trinajstić information content (AvgIpc) is 2.74. The lowest BCUT2D eigenvalue weighted by atomic mass is 9.76. The summed E-state index contributed by atoms with van der Waals surface area (Å²) in [7, 11) is 0. The molecule has 1 aromatic carbocycles. The molecule has 5 nitrogen and oxygen atoms in total. The van der Waals surface area contributed by atoms with Gasteiger partial charge in [0.05, 0.1) is 17.4 Å². The number of halogens is 3. The molecule has 0 aliphatic heterocycles. The molecule has 1 fully saturated rings. The van der Waals surface area contributed by atoms with Gasteiger partial charge >= 0.3 is 0 Å². The second kappa shape index (κ2) is 9.08. The minimum atomic E-state index is -0.966. The molecule has 1 aliphatic rings. The molecule has 1 amide bonds. The number of carbonyl (C=O) groups is 1. The highest BCUT2D eigenvalue weighted by Crippen LogP contribution is 2.38. The topological polar surface area (TPSA) is 80.9 Å². The van der Waals surface area contributed by atoms with Crippen molar-refractivity contribution in [2.24, 2.45) is 11.7 Å². The van der Waals surface area contributed by atoms with E-state index in [0.717, 1.165) is 43.0 Å². The first kappa shape index (κ1) is 22.0. The highest BCUT2D eigenvalue weighted by molar-refractivity contribution is 6.03. The highest BCUT2D eigenvalue weighted by atomic mass is 19.1. The van der Waals surface area contributed by atoms with Gasteiger partial charge < -0.3 is 11.1 Å². The van der Waals surface area contributed by atoms with Gasteiger partial charge in [0.2, 0.25) is 0 Å². The van der Waals surface area contributed by atoms with Crippen molar-refractivity contribution in [2.75, 3.05) is 5.32 Å². The first-order valence-corrected chi connectivity index (χ1v) is 10.4. The predicted octanol–water partition coefficient (Wildman–Crippen LogP) is 5.04. The maximum Gasteiger partial charge on any atom is 0.274 e. The standard InChI is InChI=1S/C24H23F3N4O/c1-13-9-14(11-15(28)10-13)16-7-8-29-12-21(16)31-24(32)20-6-5-19(27)23(30-20)22-17(25)3-2-4-18(22)26/h2-8,12-15H,9-11,28H2,1H3,(H,31,32)/t13-,14+,15+/m1/s1. The van der Waals surface area contributed by atoms with Crippen molar-refractivity contribution in [2.45, 2.75) is 38.1 Å². The molecule has 3 aromatic rings. The van der Waals surface area contributed by atoms with Crippen molar-refractivity contribution in [3.63, 3.8) is 0 Å². The third-order valence-electron chi connectivity index (χ3n) is 5.80. The van der Waals surface area contributed by atoms with E-state index in [2.05, 4.69) is 22.2 Å². The Morgan fingerprint density at radius 2 is 1.78 bits per heavy atom. The monoisotopic (exact) mass is 440 g/mol. The summed E-state index contributed by atoms with van der Waals surface area (Å²) < 4.78 is 42.6. The third kappa shape index (κ3) is 4.50. The van der Waals surface area contributed by atoms with Crippen LogP contribution in [-0.4, -0.2) is 21.9 Å². The summed E-state index contributed by atoms with van der Waals surface area (Å²) in [5.41, 5.74) is 6.26. The molecular formula is C24H23F3N4O. The van der Waals surface area contributed by atoms with E-state index in [-0.39, 0.29) is 17.7 Å². The van der Waals surface area contributed by atoms with Crippen molar-refractivity contribution in [1.29, 1.82) is 0 Å². The number of pyridine rings is 2. The van der Waals surface area contributed by atoms with Gasteiger partial charge in [0.15, 0.2) is 0 Å². The number of carbonyl (C=O) groups excluding carboxylic acids is 1. The number of nitrogens with one attached hydrogen (secondary N) is 1. The van der Waals surface area contributed by atoms with Crippen molar-refractivity contribution in [3.8, 4) is 11.3 Å². The second-order valence-corrected chi connectivity index (χ2v) is 8.31. The number of hydrogen-bond donors (Lipinski definition) is 2. The fourth-order valence-corrected chi connectivity index (χ4v) is 4.43. The van der Waals surface area contributed by atoms with Gasteiger partial charge in [-0.25, -0.2) is 18.2 Å². The summed E-state index contributed by atoms with van der Waals surface area (Å²) >= 11 is 0. The minimum absolute atomic E-state index is 0.0810. The van der Waals surface area contributed by atoms with Crippen LogP contribution in [0.2, 0.25) is 0 Å². The van der Waals surface area contributed by atoms with Crippen LogP contribution < -0.4 is 11.1 Å². The summed E-state index contributed by atoms with van der Waals surface area (Å²) in [6.45, 7) is 2.15. The van der Waals surface area contributed by atoms with E-state index in [4.69, 9.17) is 5.73 Å². The summed E-state index contributed by atoms with van der Waals surface area (Å²) in [5, 5.41) is 2.77. The molecule has 1 saturated carbocycles. The molecule has 2 aromatic heterocycles. The summed E-state index contributed by atoms with van der Waals surface area (Å²) in [5.74, 6) is -2.88. The molecule has 2 heterocycles. The Morgan fingerprint density at radius 1 is 1.03 bits per heavy atom. The number of nitrogens with zero attached hydrogens (tertiary/aromatic N) is 2. The quantitative estimate of drug-likeness (QED) is 0.595. The fourth-order valence-electron chi connectivity index (χ4n) is 4.43. The van der Waals surface area contributed by atoms with E-state index in [1.54, 1.807) is 12.4 Å². The summed E-state index contributed by atoms with van der Waals surface area (Å²) in [6, 6.07) is 7.25. The van der Waals surface area contributed by atoms with Gasteiger partial charge in [-0.3, -0.25) is 9.78 Å². The first-order chi connectivity index (χ1) is 15.3. The lowest BCUT2D eigenvalue weighted by Crippen LogP contribution is -2.31. The van der Waals surface area contributed by atoms with Crippen LogP contribution >= 0.6 is 0 Å². The van der Waals surface area contributed by atoms with Crippen LogP contribution in [0, 0.1) is 23.4 Å². The van der Waals surface area contributed by atoms with Crippen LogP contribution in [0.15, 0.2) is 48.8 Å². The zero-order valence-corrected chi connectivity index (χ0v) is 17.5. The van der Waals surface area contributed by atoms with Crippen molar-refractivity contribution < 1.29 is 18.0 Å². The Labute approximate surface area is 183 Å². The van der Waals surface area contributed by atoms with E-state index in [0.29, 0.717) is 11.6 Å². The van der Waals surface area contributed by atoms with Gasteiger partial charge in [-0.15, -0.1) is 0 Å². The van der Waals surface area contributed by atoms with Crippen LogP contribution in [0.3, 0.4) is 0 Å². The number of hydrogen-bond acceptors (Lipinski definition) is 4. The number of benzene rings is 1. The van der Waals surface area contributed by atoms with Gasteiger partial charge in [0.25, 0.3) is 5.91 Å². The summed E-state index contributed by atoms with van der Waals surface area (Å²) in [4.78, 5) is 20.9. The third-order valence-corrected chi connectivity index (χ3v) is 5.80. The Morgan fingerprint density at radius 3 is 2.50 bits per heavy atom. The SMILES string of the molecule is C[C@H]1C[C@H](N)C[C@@H](c2ccncc2NC(=O)c2ccc(F)c(-c3c(F)cccc3F)n2)C1. The van der Waals surface area contributed by atoms with Gasteiger partial charge in [0, 0.05) is 12.2 Å². The van der Waals surface area contributed by atoms with Gasteiger partial charge in [0.1, 0.15) is 28.8 Å². The molecule has 32 heavy (non-hydrogen) atoms. The molecule has 0 bridgehead atoms.